The van der Waals surface area contributed by atoms with Gasteiger partial charge in [0, 0.05) is 10.9 Å². The fraction of sp³-hybridized carbons (Fsp3) is 0.182. The molecule has 0 spiro atoms. The van der Waals surface area contributed by atoms with Crippen LogP contribution in [0.5, 0.6) is 11.5 Å². The molecule has 0 radical (unpaired) electrons. The average molecular weight is 399 g/mol. The van der Waals surface area contributed by atoms with Crippen molar-refractivity contribution in [1.29, 1.82) is 0 Å². The van der Waals surface area contributed by atoms with Crippen LogP contribution >= 0.6 is 0 Å². The molecular weight excluding hydrogens is 382 g/mol. The second kappa shape index (κ2) is 5.79. The van der Waals surface area contributed by atoms with Gasteiger partial charge < -0.3 is 14.2 Å². The predicted octanol–water partition coefficient (Wildman–Crippen LogP) is 4.26. The molecule has 0 saturated carbocycles. The van der Waals surface area contributed by atoms with Crippen molar-refractivity contribution in [2.45, 2.75) is 26.8 Å². The molecule has 6 heterocycles. The monoisotopic (exact) mass is 399 g/mol. The smallest absolute Gasteiger partial charge is 0.327 e. The summed E-state index contributed by atoms with van der Waals surface area (Å²) in [5, 5.41) is 4.92. The van der Waals surface area contributed by atoms with Gasteiger partial charge in [0.2, 0.25) is 0 Å². The Morgan fingerprint density at radius 3 is 2.73 bits per heavy atom. The maximum absolute atomic E-state index is 12.8. The molecule has 4 bridgehead atoms. The molecule has 1 aromatic carbocycles. The number of pyridine rings is 2. The first kappa shape index (κ1) is 17.0. The van der Waals surface area contributed by atoms with Crippen LogP contribution in [0.3, 0.4) is 0 Å². The minimum absolute atomic E-state index is 0.200. The molecule has 5 aromatic rings. The van der Waals surface area contributed by atoms with Gasteiger partial charge in [-0.05, 0) is 45.0 Å². The number of aromatic nitrogens is 5. The van der Waals surface area contributed by atoms with E-state index in [1.54, 1.807) is 17.0 Å². The van der Waals surface area contributed by atoms with Gasteiger partial charge in [-0.2, -0.15) is 0 Å². The zero-order valence-electron chi connectivity index (χ0n) is 16.6. The van der Waals surface area contributed by atoms with E-state index in [9.17, 15) is 4.79 Å². The van der Waals surface area contributed by atoms with Gasteiger partial charge >= 0.3 is 5.69 Å². The first-order valence-electron chi connectivity index (χ1n) is 9.65. The second-order valence-electron chi connectivity index (χ2n) is 7.58. The summed E-state index contributed by atoms with van der Waals surface area (Å²) in [5.41, 5.74) is 5.23. The van der Waals surface area contributed by atoms with E-state index in [4.69, 9.17) is 9.26 Å². The lowest BCUT2D eigenvalue weighted by atomic mass is 10.0. The van der Waals surface area contributed by atoms with Crippen LogP contribution in [0.2, 0.25) is 0 Å². The lowest BCUT2D eigenvalue weighted by Crippen LogP contribution is -2.21. The Bertz CT molecular complexity index is 1510. The van der Waals surface area contributed by atoms with Crippen LogP contribution in [0, 0.1) is 13.8 Å². The van der Waals surface area contributed by atoms with Crippen LogP contribution in [-0.2, 0) is 0 Å². The molecule has 8 heteroatoms. The Hall–Kier alpha value is -3.94. The molecule has 2 aliphatic rings. The number of hydrogen-bond acceptors (Lipinski definition) is 6. The second-order valence-corrected chi connectivity index (χ2v) is 7.58. The summed E-state index contributed by atoms with van der Waals surface area (Å²) in [5.74, 6) is 1.93. The van der Waals surface area contributed by atoms with Crippen molar-refractivity contribution in [1.82, 2.24) is 24.7 Å². The Morgan fingerprint density at radius 1 is 1.13 bits per heavy atom. The summed E-state index contributed by atoms with van der Waals surface area (Å²) >= 11 is 0. The molecule has 0 amide bonds. The third-order valence-corrected chi connectivity index (χ3v) is 5.75. The number of imidazole rings is 1. The Balaban J connectivity index is 1.81. The molecule has 148 valence electrons. The van der Waals surface area contributed by atoms with Crippen LogP contribution in [0.4, 0.5) is 0 Å². The van der Waals surface area contributed by atoms with E-state index < -0.39 is 0 Å². The van der Waals surface area contributed by atoms with Gasteiger partial charge in [0.15, 0.2) is 0 Å². The van der Waals surface area contributed by atoms with Crippen molar-refractivity contribution in [2.75, 3.05) is 0 Å². The van der Waals surface area contributed by atoms with Gasteiger partial charge in [-0.25, -0.2) is 4.79 Å². The highest BCUT2D eigenvalue weighted by Crippen LogP contribution is 2.41. The summed E-state index contributed by atoms with van der Waals surface area (Å²) in [4.78, 5) is 24.9. The zero-order valence-corrected chi connectivity index (χ0v) is 16.6. The standard InChI is InChI=1S/C22H17N5O3/c1-10-20(12(3)30-26-10)15-6-17-14-7-19(15)29-13-4-5-16(23-8-13)11(2)27-21(14)18(9-24-17)25-22(27)28/h4-9,11H,1-3H3,(H,25,28)/t11-/m0/s1. The summed E-state index contributed by atoms with van der Waals surface area (Å²) in [6, 6.07) is 7.38. The number of fused-ring (bicyclic) bond motifs is 2. The molecule has 8 nitrogen and oxygen atoms in total. The fourth-order valence-corrected chi connectivity index (χ4v) is 4.31. The number of rotatable bonds is 1. The minimum atomic E-state index is -0.255. The van der Waals surface area contributed by atoms with E-state index in [2.05, 4.69) is 20.1 Å². The van der Waals surface area contributed by atoms with Crippen LogP contribution in [0.15, 0.2) is 46.0 Å². The van der Waals surface area contributed by atoms with E-state index in [1.165, 1.54) is 0 Å². The largest absolute Gasteiger partial charge is 0.455 e. The van der Waals surface area contributed by atoms with Crippen molar-refractivity contribution >= 4 is 21.9 Å². The van der Waals surface area contributed by atoms with E-state index in [1.807, 2.05) is 45.0 Å². The third-order valence-electron chi connectivity index (χ3n) is 5.75. The highest BCUT2D eigenvalue weighted by atomic mass is 16.5. The molecule has 2 aliphatic heterocycles. The van der Waals surface area contributed by atoms with E-state index in [-0.39, 0.29) is 11.7 Å². The first-order chi connectivity index (χ1) is 14.5. The number of aromatic amines is 1. The van der Waals surface area contributed by atoms with E-state index in [0.29, 0.717) is 22.8 Å². The number of nitrogens with zero attached hydrogens (tertiary/aromatic N) is 4. The normalized spacial score (nSPS) is 15.2. The molecule has 1 N–H and O–H groups in total. The lowest BCUT2D eigenvalue weighted by molar-refractivity contribution is 0.393. The van der Waals surface area contributed by atoms with Gasteiger partial charge in [-0.1, -0.05) is 5.16 Å². The molecule has 0 aliphatic carbocycles. The number of benzene rings is 1. The van der Waals surface area contributed by atoms with Crippen LogP contribution in [0.25, 0.3) is 33.1 Å². The summed E-state index contributed by atoms with van der Waals surface area (Å²) < 4.78 is 13.4. The van der Waals surface area contributed by atoms with Gasteiger partial charge in [0.1, 0.15) is 17.3 Å². The molecule has 30 heavy (non-hydrogen) atoms. The van der Waals surface area contributed by atoms with Gasteiger partial charge in [-0.3, -0.25) is 14.5 Å². The molecule has 1 atom stereocenters. The van der Waals surface area contributed by atoms with Crippen molar-refractivity contribution < 1.29 is 9.26 Å². The SMILES string of the molecule is Cc1noc(C)c1-c1cc2ncc3[nH]c(=O)n4c3c2cc1Oc1ccc(nc1)[C@@H]4C. The molecular formula is C22H17N5O3. The Labute approximate surface area is 170 Å². The van der Waals surface area contributed by atoms with Gasteiger partial charge in [-0.15, -0.1) is 0 Å². The fourth-order valence-electron chi connectivity index (χ4n) is 4.31. The van der Waals surface area contributed by atoms with Crippen molar-refractivity contribution in [3.63, 3.8) is 0 Å². The molecule has 0 saturated heterocycles. The van der Waals surface area contributed by atoms with Crippen LogP contribution in [-0.4, -0.2) is 24.7 Å². The van der Waals surface area contributed by atoms with Crippen LogP contribution < -0.4 is 10.4 Å². The molecule has 7 rings (SSSR count). The third kappa shape index (κ3) is 2.21. The summed E-state index contributed by atoms with van der Waals surface area (Å²) in [6.07, 6.45) is 3.37. The molecule has 4 aromatic heterocycles. The number of aryl methyl sites for hydroxylation is 2. The van der Waals surface area contributed by atoms with Gasteiger partial charge in [0.25, 0.3) is 0 Å². The first-order valence-corrected chi connectivity index (χ1v) is 9.65. The lowest BCUT2D eigenvalue weighted by Gasteiger charge is -2.13. The van der Waals surface area contributed by atoms with Crippen molar-refractivity contribution in [3.8, 4) is 22.6 Å². The van der Waals surface area contributed by atoms with Crippen molar-refractivity contribution in [3.05, 3.63) is 64.3 Å². The maximum Gasteiger partial charge on any atom is 0.327 e. The Morgan fingerprint density at radius 2 is 2.00 bits per heavy atom. The molecule has 0 fully saturated rings. The quantitative estimate of drug-likeness (QED) is 0.452. The van der Waals surface area contributed by atoms with Crippen molar-refractivity contribution in [2.24, 2.45) is 0 Å². The van der Waals surface area contributed by atoms with Crippen LogP contribution in [0.1, 0.15) is 30.1 Å². The maximum atomic E-state index is 12.8. The number of hydrogen-bond donors (Lipinski definition) is 1. The van der Waals surface area contributed by atoms with E-state index in [0.717, 1.165) is 38.9 Å². The Kier molecular flexibility index (Phi) is 3.27. The summed E-state index contributed by atoms with van der Waals surface area (Å²) in [6.45, 7) is 5.73. The average Bonchev–Trinajstić information content (AvgIpc) is 3.24. The zero-order chi connectivity index (χ0) is 20.6. The number of nitrogens with one attached hydrogen (secondary N) is 1. The van der Waals surface area contributed by atoms with Gasteiger partial charge in [0.05, 0.1) is 51.9 Å². The number of H-pyrrole nitrogens is 1. The highest BCUT2D eigenvalue weighted by Gasteiger charge is 2.23. The number of ether oxygens (including phenoxy) is 1. The topological polar surface area (TPSA) is 98.8 Å². The highest BCUT2D eigenvalue weighted by molar-refractivity contribution is 6.05. The molecule has 0 unspecified atom stereocenters. The minimum Gasteiger partial charge on any atom is -0.455 e. The predicted molar refractivity (Wildman–Crippen MR) is 111 cm³/mol. The summed E-state index contributed by atoms with van der Waals surface area (Å²) in [7, 11) is 0. The van der Waals surface area contributed by atoms with E-state index >= 15 is 0 Å².